The first-order valence-corrected chi connectivity index (χ1v) is 6.30. The van der Waals surface area contributed by atoms with Gasteiger partial charge in [0, 0.05) is 18.2 Å². The van der Waals surface area contributed by atoms with Crippen molar-refractivity contribution in [1.82, 2.24) is 15.0 Å². The Morgan fingerprint density at radius 2 is 2.29 bits per heavy atom. The first-order chi connectivity index (χ1) is 8.18. The third kappa shape index (κ3) is 2.06. The van der Waals surface area contributed by atoms with Crippen LogP contribution >= 0.6 is 0 Å². The molecule has 0 bridgehead atoms. The van der Waals surface area contributed by atoms with Crippen LogP contribution in [0.2, 0.25) is 0 Å². The zero-order chi connectivity index (χ0) is 11.9. The molecule has 2 fully saturated rings. The molecule has 2 saturated carbocycles. The van der Waals surface area contributed by atoms with Crippen LogP contribution in [0.1, 0.15) is 44.2 Å². The molecule has 0 saturated heterocycles. The lowest BCUT2D eigenvalue weighted by Gasteiger charge is -2.38. The minimum atomic E-state index is -0.735. The summed E-state index contributed by atoms with van der Waals surface area (Å²) in [6.07, 6.45) is 7.69. The molecular formula is C12H17N3O2. The maximum Gasteiger partial charge on any atom is 0.304 e. The minimum Gasteiger partial charge on any atom is -0.481 e. The van der Waals surface area contributed by atoms with E-state index >= 15 is 0 Å². The molecule has 0 radical (unpaired) electrons. The largest absolute Gasteiger partial charge is 0.481 e. The van der Waals surface area contributed by atoms with Crippen LogP contribution in [-0.2, 0) is 16.8 Å². The second-order valence-electron chi connectivity index (χ2n) is 5.47. The summed E-state index contributed by atoms with van der Waals surface area (Å²) in [5, 5.41) is 17.3. The van der Waals surface area contributed by atoms with Gasteiger partial charge in [-0.05, 0) is 31.6 Å². The number of carboxylic acids is 1. The van der Waals surface area contributed by atoms with Crippen LogP contribution in [0.3, 0.4) is 0 Å². The Labute approximate surface area is 99.8 Å². The molecule has 5 heteroatoms. The Balaban J connectivity index is 1.76. The van der Waals surface area contributed by atoms with Crippen LogP contribution in [0.15, 0.2) is 6.20 Å². The maximum absolute atomic E-state index is 10.9. The molecule has 0 amide bonds. The second kappa shape index (κ2) is 3.82. The van der Waals surface area contributed by atoms with Gasteiger partial charge in [-0.3, -0.25) is 9.48 Å². The van der Waals surface area contributed by atoms with Crippen molar-refractivity contribution in [3.8, 4) is 0 Å². The van der Waals surface area contributed by atoms with Crippen molar-refractivity contribution in [2.45, 2.75) is 50.5 Å². The normalized spacial score (nSPS) is 22.1. The summed E-state index contributed by atoms with van der Waals surface area (Å²) >= 11 is 0. The van der Waals surface area contributed by atoms with E-state index in [0.717, 1.165) is 37.4 Å². The molecule has 17 heavy (non-hydrogen) atoms. The van der Waals surface area contributed by atoms with E-state index in [1.54, 1.807) is 0 Å². The van der Waals surface area contributed by atoms with Crippen molar-refractivity contribution in [3.05, 3.63) is 11.9 Å². The van der Waals surface area contributed by atoms with E-state index < -0.39 is 5.97 Å². The van der Waals surface area contributed by atoms with Gasteiger partial charge >= 0.3 is 5.97 Å². The predicted molar refractivity (Wildman–Crippen MR) is 60.5 cm³/mol. The van der Waals surface area contributed by atoms with Crippen LogP contribution < -0.4 is 0 Å². The number of hydrogen-bond donors (Lipinski definition) is 1. The molecule has 5 nitrogen and oxygen atoms in total. The van der Waals surface area contributed by atoms with Gasteiger partial charge in [0.05, 0.1) is 12.1 Å². The van der Waals surface area contributed by atoms with Crippen molar-refractivity contribution in [3.63, 3.8) is 0 Å². The number of aliphatic carboxylic acids is 1. The van der Waals surface area contributed by atoms with Crippen molar-refractivity contribution >= 4 is 5.97 Å². The zero-order valence-corrected chi connectivity index (χ0v) is 9.80. The molecule has 0 unspecified atom stereocenters. The van der Waals surface area contributed by atoms with Crippen LogP contribution in [0.4, 0.5) is 0 Å². The number of nitrogens with zero attached hydrogens (tertiary/aromatic N) is 3. The molecule has 1 N–H and O–H groups in total. The Morgan fingerprint density at radius 3 is 2.82 bits per heavy atom. The molecule has 3 rings (SSSR count). The van der Waals surface area contributed by atoms with Gasteiger partial charge in [-0.2, -0.15) is 0 Å². The molecule has 92 valence electrons. The van der Waals surface area contributed by atoms with Gasteiger partial charge in [-0.1, -0.05) is 11.6 Å². The number of hydrogen-bond acceptors (Lipinski definition) is 3. The Kier molecular flexibility index (Phi) is 2.42. The van der Waals surface area contributed by atoms with Gasteiger partial charge < -0.3 is 5.11 Å². The number of carbonyl (C=O) groups is 1. The van der Waals surface area contributed by atoms with Crippen molar-refractivity contribution < 1.29 is 9.90 Å². The fourth-order valence-electron chi connectivity index (χ4n) is 2.61. The Hall–Kier alpha value is -1.39. The molecule has 1 aromatic rings. The highest BCUT2D eigenvalue weighted by atomic mass is 16.4. The lowest BCUT2D eigenvalue weighted by molar-refractivity contribution is -0.139. The van der Waals surface area contributed by atoms with Crippen LogP contribution in [0.25, 0.3) is 0 Å². The zero-order valence-electron chi connectivity index (χ0n) is 9.80. The lowest BCUT2D eigenvalue weighted by Crippen LogP contribution is -2.37. The highest BCUT2D eigenvalue weighted by molar-refractivity contribution is 5.69. The van der Waals surface area contributed by atoms with Gasteiger partial charge in [0.1, 0.15) is 0 Å². The summed E-state index contributed by atoms with van der Waals surface area (Å²) in [6.45, 7) is 0.941. The summed E-state index contributed by atoms with van der Waals surface area (Å²) in [7, 11) is 0. The van der Waals surface area contributed by atoms with E-state index in [1.807, 2.05) is 10.9 Å². The van der Waals surface area contributed by atoms with Crippen LogP contribution in [0.5, 0.6) is 0 Å². The SMILES string of the molecule is O=C(O)CC1(c2cn(CC3CC3)nn2)CCC1. The first kappa shape index (κ1) is 10.7. The van der Waals surface area contributed by atoms with Gasteiger partial charge in [0.2, 0.25) is 0 Å². The Bertz CT molecular complexity index is 433. The summed E-state index contributed by atoms with van der Waals surface area (Å²) < 4.78 is 1.88. The fraction of sp³-hybridized carbons (Fsp3) is 0.750. The van der Waals surface area contributed by atoms with Crippen LogP contribution in [-0.4, -0.2) is 26.1 Å². The average molecular weight is 235 g/mol. The molecule has 2 aliphatic carbocycles. The number of rotatable bonds is 5. The van der Waals surface area contributed by atoms with Crippen LogP contribution in [0, 0.1) is 5.92 Å². The molecule has 1 aromatic heterocycles. The van der Waals surface area contributed by atoms with Gasteiger partial charge in [0.25, 0.3) is 0 Å². The summed E-state index contributed by atoms with van der Waals surface area (Å²) in [5.41, 5.74) is 0.653. The van der Waals surface area contributed by atoms with E-state index in [2.05, 4.69) is 10.3 Å². The molecular weight excluding hydrogens is 218 g/mol. The van der Waals surface area contributed by atoms with Gasteiger partial charge in [-0.25, -0.2) is 0 Å². The molecule has 2 aliphatic rings. The van der Waals surface area contributed by atoms with E-state index in [-0.39, 0.29) is 11.8 Å². The average Bonchev–Trinajstić information content (AvgIpc) is 2.89. The topological polar surface area (TPSA) is 68.0 Å². The summed E-state index contributed by atoms with van der Waals surface area (Å²) in [5.74, 6) is 0.0304. The molecule has 0 spiro atoms. The predicted octanol–water partition coefficient (Wildman–Crippen LogP) is 1.58. The van der Waals surface area contributed by atoms with Gasteiger partial charge in [-0.15, -0.1) is 5.10 Å². The van der Waals surface area contributed by atoms with Crippen molar-refractivity contribution in [2.75, 3.05) is 0 Å². The molecule has 0 aliphatic heterocycles. The molecule has 0 aromatic carbocycles. The van der Waals surface area contributed by atoms with Crippen molar-refractivity contribution in [1.29, 1.82) is 0 Å². The fourth-order valence-corrected chi connectivity index (χ4v) is 2.61. The monoisotopic (exact) mass is 235 g/mol. The summed E-state index contributed by atoms with van der Waals surface area (Å²) in [4.78, 5) is 10.9. The first-order valence-electron chi connectivity index (χ1n) is 6.30. The number of aromatic nitrogens is 3. The third-order valence-electron chi connectivity index (χ3n) is 4.02. The molecule has 0 atom stereocenters. The smallest absolute Gasteiger partial charge is 0.304 e. The number of carboxylic acid groups (broad SMARTS) is 1. The molecule has 1 heterocycles. The minimum absolute atomic E-state index is 0.190. The van der Waals surface area contributed by atoms with Crippen molar-refractivity contribution in [2.24, 2.45) is 5.92 Å². The van der Waals surface area contributed by atoms with Gasteiger partial charge in [0.15, 0.2) is 0 Å². The van der Waals surface area contributed by atoms with E-state index in [0.29, 0.717) is 0 Å². The van der Waals surface area contributed by atoms with E-state index in [4.69, 9.17) is 5.11 Å². The lowest BCUT2D eigenvalue weighted by atomic mass is 9.65. The summed E-state index contributed by atoms with van der Waals surface area (Å²) in [6, 6.07) is 0. The van der Waals surface area contributed by atoms with E-state index in [1.165, 1.54) is 12.8 Å². The second-order valence-corrected chi connectivity index (χ2v) is 5.47. The third-order valence-corrected chi connectivity index (χ3v) is 4.02. The highest BCUT2D eigenvalue weighted by Gasteiger charge is 2.43. The Morgan fingerprint density at radius 1 is 1.53 bits per heavy atom. The standard InChI is InChI=1S/C12H17N3O2/c16-11(17)6-12(4-1-5-12)10-8-15(14-13-10)7-9-2-3-9/h8-9H,1-7H2,(H,16,17). The quantitative estimate of drug-likeness (QED) is 0.841. The van der Waals surface area contributed by atoms with E-state index in [9.17, 15) is 4.79 Å². The highest BCUT2D eigenvalue weighted by Crippen LogP contribution is 2.45. The maximum atomic E-state index is 10.9.